The largest absolute Gasteiger partial charge is 0.394 e. The molecule has 3 heteroatoms. The molecule has 0 heterocycles. The average Bonchev–Trinajstić information content (AvgIpc) is 2.30. The molecule has 15 heavy (non-hydrogen) atoms. The number of nitrogens with one attached hydrogen (secondary N) is 1. The zero-order chi connectivity index (χ0) is 11.7. The van der Waals surface area contributed by atoms with Crippen molar-refractivity contribution >= 4 is 11.8 Å². The highest BCUT2D eigenvalue weighted by atomic mass is 32.2. The molecule has 0 aromatic rings. The van der Waals surface area contributed by atoms with Crippen molar-refractivity contribution in [2.75, 3.05) is 19.4 Å². The molecule has 0 saturated heterocycles. The van der Waals surface area contributed by atoms with E-state index in [1.54, 1.807) is 0 Å². The lowest BCUT2D eigenvalue weighted by atomic mass is 9.92. The fourth-order valence-electron chi connectivity index (χ4n) is 1.56. The van der Waals surface area contributed by atoms with Crippen LogP contribution < -0.4 is 5.32 Å². The minimum Gasteiger partial charge on any atom is -0.394 e. The van der Waals surface area contributed by atoms with Gasteiger partial charge in [0.05, 0.1) is 6.61 Å². The quantitative estimate of drug-likeness (QED) is 0.601. The number of hydrogen-bond donors (Lipinski definition) is 2. The summed E-state index contributed by atoms with van der Waals surface area (Å²) >= 11 is 2.04. The van der Waals surface area contributed by atoms with Crippen LogP contribution in [0.15, 0.2) is 0 Å². The molecule has 0 bridgehead atoms. The third kappa shape index (κ3) is 5.79. The molecule has 0 spiro atoms. The van der Waals surface area contributed by atoms with Gasteiger partial charge in [0, 0.05) is 10.8 Å². The molecule has 0 saturated carbocycles. The Labute approximate surface area is 99.2 Å². The second-order valence-electron chi connectivity index (χ2n) is 4.24. The molecule has 92 valence electrons. The minimum atomic E-state index is -0.0456. The van der Waals surface area contributed by atoms with E-state index >= 15 is 0 Å². The van der Waals surface area contributed by atoms with Crippen LogP contribution in [0.25, 0.3) is 0 Å². The van der Waals surface area contributed by atoms with Gasteiger partial charge in [0.25, 0.3) is 0 Å². The number of hydrogen-bond acceptors (Lipinski definition) is 3. The van der Waals surface area contributed by atoms with Gasteiger partial charge in [0.15, 0.2) is 0 Å². The SMILES string of the molecule is CCC(C)SCCCC(CC)(CO)NC. The van der Waals surface area contributed by atoms with E-state index in [4.69, 9.17) is 0 Å². The Morgan fingerprint density at radius 3 is 2.47 bits per heavy atom. The van der Waals surface area contributed by atoms with Gasteiger partial charge >= 0.3 is 0 Å². The van der Waals surface area contributed by atoms with Crippen LogP contribution in [0.4, 0.5) is 0 Å². The summed E-state index contributed by atoms with van der Waals surface area (Å²) < 4.78 is 0. The van der Waals surface area contributed by atoms with Gasteiger partial charge in [-0.1, -0.05) is 20.8 Å². The third-order valence-electron chi connectivity index (χ3n) is 3.29. The molecule has 0 aliphatic carbocycles. The fraction of sp³-hybridized carbons (Fsp3) is 1.00. The van der Waals surface area contributed by atoms with Crippen molar-refractivity contribution in [1.82, 2.24) is 5.32 Å². The molecule has 2 unspecified atom stereocenters. The van der Waals surface area contributed by atoms with Gasteiger partial charge in [-0.2, -0.15) is 11.8 Å². The van der Waals surface area contributed by atoms with Crippen molar-refractivity contribution in [2.24, 2.45) is 0 Å². The van der Waals surface area contributed by atoms with Gasteiger partial charge in [-0.15, -0.1) is 0 Å². The lowest BCUT2D eigenvalue weighted by molar-refractivity contribution is 0.154. The average molecular weight is 233 g/mol. The number of rotatable bonds is 9. The van der Waals surface area contributed by atoms with Crippen molar-refractivity contribution in [3.05, 3.63) is 0 Å². The van der Waals surface area contributed by atoms with Crippen LogP contribution in [0.3, 0.4) is 0 Å². The van der Waals surface area contributed by atoms with Gasteiger partial charge in [-0.05, 0) is 38.5 Å². The predicted molar refractivity (Wildman–Crippen MR) is 70.6 cm³/mol. The van der Waals surface area contributed by atoms with E-state index in [0.29, 0.717) is 0 Å². The number of aliphatic hydroxyl groups is 1. The lowest BCUT2D eigenvalue weighted by Gasteiger charge is -2.30. The van der Waals surface area contributed by atoms with E-state index in [0.717, 1.165) is 18.1 Å². The van der Waals surface area contributed by atoms with E-state index in [2.05, 4.69) is 26.1 Å². The Bertz CT molecular complexity index is 140. The zero-order valence-corrected chi connectivity index (χ0v) is 11.5. The molecule has 0 amide bonds. The molecule has 2 N–H and O–H groups in total. The van der Waals surface area contributed by atoms with E-state index in [1.807, 2.05) is 18.8 Å². The van der Waals surface area contributed by atoms with Crippen molar-refractivity contribution in [3.8, 4) is 0 Å². The number of thioether (sulfide) groups is 1. The Balaban J connectivity index is 3.72. The normalized spacial score (nSPS) is 17.4. The van der Waals surface area contributed by atoms with E-state index in [1.165, 1.54) is 18.6 Å². The van der Waals surface area contributed by atoms with E-state index in [9.17, 15) is 5.11 Å². The van der Waals surface area contributed by atoms with Crippen molar-refractivity contribution < 1.29 is 5.11 Å². The maximum atomic E-state index is 9.36. The monoisotopic (exact) mass is 233 g/mol. The van der Waals surface area contributed by atoms with Crippen molar-refractivity contribution in [2.45, 2.75) is 57.2 Å². The molecule has 2 atom stereocenters. The Morgan fingerprint density at radius 1 is 1.40 bits per heavy atom. The van der Waals surface area contributed by atoms with E-state index in [-0.39, 0.29) is 12.1 Å². The van der Waals surface area contributed by atoms with Gasteiger partial charge in [-0.3, -0.25) is 0 Å². The summed E-state index contributed by atoms with van der Waals surface area (Å²) in [6.45, 7) is 6.89. The summed E-state index contributed by atoms with van der Waals surface area (Å²) in [7, 11) is 1.95. The number of likely N-dealkylation sites (N-methyl/N-ethyl adjacent to an activating group) is 1. The highest BCUT2D eigenvalue weighted by molar-refractivity contribution is 7.99. The first-order chi connectivity index (χ1) is 7.14. The van der Waals surface area contributed by atoms with Crippen LogP contribution >= 0.6 is 11.8 Å². The standard InChI is InChI=1S/C12H27NOS/c1-5-11(3)15-9-7-8-12(6-2,10-14)13-4/h11,13-14H,5-10H2,1-4H3. The predicted octanol–water partition coefficient (Wildman–Crippen LogP) is 2.66. The zero-order valence-electron chi connectivity index (χ0n) is 10.7. The fourth-order valence-corrected chi connectivity index (χ4v) is 2.51. The summed E-state index contributed by atoms with van der Waals surface area (Å²) in [5.74, 6) is 1.21. The highest BCUT2D eigenvalue weighted by Gasteiger charge is 2.24. The van der Waals surface area contributed by atoms with Gasteiger partial charge in [-0.25, -0.2) is 0 Å². The molecule has 0 aliphatic rings. The maximum absolute atomic E-state index is 9.36. The molecule has 0 rings (SSSR count). The summed E-state index contributed by atoms with van der Waals surface area (Å²) in [5.41, 5.74) is -0.0456. The third-order valence-corrected chi connectivity index (χ3v) is 4.71. The molecule has 0 fully saturated rings. The Kier molecular flexibility index (Phi) is 8.58. The van der Waals surface area contributed by atoms with Crippen LogP contribution in [-0.2, 0) is 0 Å². The van der Waals surface area contributed by atoms with Gasteiger partial charge in [0.2, 0.25) is 0 Å². The maximum Gasteiger partial charge on any atom is 0.0613 e. The summed E-state index contributed by atoms with van der Waals surface area (Å²) in [4.78, 5) is 0. The van der Waals surface area contributed by atoms with Crippen LogP contribution in [-0.4, -0.2) is 35.3 Å². The summed E-state index contributed by atoms with van der Waals surface area (Å²) in [6.07, 6.45) is 4.49. The molecule has 2 nitrogen and oxygen atoms in total. The van der Waals surface area contributed by atoms with Gasteiger partial charge < -0.3 is 10.4 Å². The summed E-state index contributed by atoms with van der Waals surface area (Å²) in [5, 5.41) is 13.4. The van der Waals surface area contributed by atoms with Crippen LogP contribution in [0.2, 0.25) is 0 Å². The molecule has 0 aromatic heterocycles. The minimum absolute atomic E-state index is 0.0456. The first-order valence-electron chi connectivity index (χ1n) is 6.05. The van der Waals surface area contributed by atoms with Crippen LogP contribution in [0.5, 0.6) is 0 Å². The van der Waals surface area contributed by atoms with Crippen LogP contribution in [0.1, 0.15) is 46.5 Å². The first kappa shape index (κ1) is 15.3. The Morgan fingerprint density at radius 2 is 2.07 bits per heavy atom. The molecular weight excluding hydrogens is 206 g/mol. The van der Waals surface area contributed by atoms with Crippen LogP contribution in [0, 0.1) is 0 Å². The summed E-state index contributed by atoms with van der Waals surface area (Å²) in [6, 6.07) is 0. The lowest BCUT2D eigenvalue weighted by Crippen LogP contribution is -2.45. The molecule has 0 aromatic carbocycles. The molecule has 0 aliphatic heterocycles. The second-order valence-corrected chi connectivity index (χ2v) is 5.78. The second kappa shape index (κ2) is 8.43. The smallest absolute Gasteiger partial charge is 0.0613 e. The topological polar surface area (TPSA) is 32.3 Å². The number of aliphatic hydroxyl groups excluding tert-OH is 1. The molecule has 0 radical (unpaired) electrons. The van der Waals surface area contributed by atoms with Gasteiger partial charge in [0.1, 0.15) is 0 Å². The molecular formula is C12H27NOS. The van der Waals surface area contributed by atoms with Crippen molar-refractivity contribution in [1.29, 1.82) is 0 Å². The van der Waals surface area contributed by atoms with Crippen molar-refractivity contribution in [3.63, 3.8) is 0 Å². The first-order valence-corrected chi connectivity index (χ1v) is 7.10. The Hall–Kier alpha value is 0.270. The highest BCUT2D eigenvalue weighted by Crippen LogP contribution is 2.20. The van der Waals surface area contributed by atoms with E-state index < -0.39 is 0 Å².